The van der Waals surface area contributed by atoms with Crippen molar-refractivity contribution in [3.8, 4) is 0 Å². The first kappa shape index (κ1) is 14.0. The van der Waals surface area contributed by atoms with Gasteiger partial charge in [-0.15, -0.1) is 0 Å². The molecule has 0 aliphatic heterocycles. The molecular weight excluding hydrogens is 210 g/mol. The fourth-order valence-electron chi connectivity index (χ4n) is 1.93. The number of hydrogen-bond acceptors (Lipinski definition) is 3. The Bertz CT molecular complexity index is 325. The number of rotatable bonds is 7. The van der Waals surface area contributed by atoms with Crippen molar-refractivity contribution in [2.45, 2.75) is 39.2 Å². The molecule has 1 unspecified atom stereocenters. The molecule has 1 rings (SSSR count). The molecule has 0 amide bonds. The Hall–Kier alpha value is -1.09. The summed E-state index contributed by atoms with van der Waals surface area (Å²) in [6, 6.07) is 4.50. The summed E-state index contributed by atoms with van der Waals surface area (Å²) in [6.07, 6.45) is 5.65. The first-order valence-electron chi connectivity index (χ1n) is 6.54. The van der Waals surface area contributed by atoms with Gasteiger partial charge in [-0.05, 0) is 26.5 Å². The van der Waals surface area contributed by atoms with E-state index < -0.39 is 0 Å². The van der Waals surface area contributed by atoms with E-state index in [4.69, 9.17) is 0 Å². The second kappa shape index (κ2) is 7.28. The van der Waals surface area contributed by atoms with E-state index in [0.29, 0.717) is 6.04 Å². The Morgan fingerprint density at radius 3 is 2.82 bits per heavy atom. The van der Waals surface area contributed by atoms with Gasteiger partial charge in [0, 0.05) is 31.4 Å². The van der Waals surface area contributed by atoms with Gasteiger partial charge in [-0.25, -0.2) is 4.98 Å². The zero-order valence-corrected chi connectivity index (χ0v) is 11.5. The molecule has 1 atom stereocenters. The average molecular weight is 235 g/mol. The summed E-state index contributed by atoms with van der Waals surface area (Å²) in [6.45, 7) is 5.48. The summed E-state index contributed by atoms with van der Waals surface area (Å²) >= 11 is 0. The molecular formula is C14H25N3. The van der Waals surface area contributed by atoms with Crippen LogP contribution in [0.2, 0.25) is 0 Å². The Balaban J connectivity index is 2.74. The lowest BCUT2D eigenvalue weighted by Crippen LogP contribution is -2.24. The van der Waals surface area contributed by atoms with E-state index in [2.05, 4.69) is 42.2 Å². The second-order valence-corrected chi connectivity index (χ2v) is 4.56. The van der Waals surface area contributed by atoms with E-state index >= 15 is 0 Å². The Morgan fingerprint density at radius 1 is 1.41 bits per heavy atom. The third kappa shape index (κ3) is 4.00. The van der Waals surface area contributed by atoms with Crippen molar-refractivity contribution in [3.63, 3.8) is 0 Å². The molecule has 0 spiro atoms. The predicted molar refractivity (Wildman–Crippen MR) is 74.5 cm³/mol. The van der Waals surface area contributed by atoms with Crippen LogP contribution in [0.1, 0.15) is 44.7 Å². The largest absolute Gasteiger partial charge is 0.359 e. The maximum Gasteiger partial charge on any atom is 0.133 e. The van der Waals surface area contributed by atoms with Crippen molar-refractivity contribution >= 4 is 5.82 Å². The highest BCUT2D eigenvalue weighted by Crippen LogP contribution is 2.22. The standard InChI is InChI=1S/C14H25N3/c1-5-6-7-11-17(4)14-13(12(2)15-3)9-8-10-16-14/h8-10,12,15H,5-7,11H2,1-4H3. The van der Waals surface area contributed by atoms with Gasteiger partial charge in [-0.1, -0.05) is 25.8 Å². The molecule has 17 heavy (non-hydrogen) atoms. The van der Waals surface area contributed by atoms with Crippen LogP contribution in [0.5, 0.6) is 0 Å². The van der Waals surface area contributed by atoms with Gasteiger partial charge < -0.3 is 10.2 Å². The van der Waals surface area contributed by atoms with Crippen LogP contribution in [0.15, 0.2) is 18.3 Å². The van der Waals surface area contributed by atoms with Gasteiger partial charge in [-0.2, -0.15) is 0 Å². The minimum Gasteiger partial charge on any atom is -0.359 e. The molecule has 0 bridgehead atoms. The zero-order valence-electron chi connectivity index (χ0n) is 11.5. The summed E-state index contributed by atoms with van der Waals surface area (Å²) < 4.78 is 0. The van der Waals surface area contributed by atoms with E-state index in [1.165, 1.54) is 24.8 Å². The van der Waals surface area contributed by atoms with Crippen molar-refractivity contribution in [2.75, 3.05) is 25.5 Å². The normalized spacial score (nSPS) is 12.5. The van der Waals surface area contributed by atoms with Gasteiger partial charge in [0.2, 0.25) is 0 Å². The molecule has 0 aliphatic rings. The van der Waals surface area contributed by atoms with Gasteiger partial charge in [-0.3, -0.25) is 0 Å². The number of pyridine rings is 1. The quantitative estimate of drug-likeness (QED) is 0.736. The van der Waals surface area contributed by atoms with E-state index in [9.17, 15) is 0 Å². The van der Waals surface area contributed by atoms with Crippen LogP contribution in [0, 0.1) is 0 Å². The second-order valence-electron chi connectivity index (χ2n) is 4.56. The lowest BCUT2D eigenvalue weighted by Gasteiger charge is -2.23. The third-order valence-electron chi connectivity index (χ3n) is 3.18. The maximum atomic E-state index is 4.51. The highest BCUT2D eigenvalue weighted by Gasteiger charge is 2.12. The number of unbranched alkanes of at least 4 members (excludes halogenated alkanes) is 2. The Labute approximate surface area is 105 Å². The number of aromatic nitrogens is 1. The highest BCUT2D eigenvalue weighted by molar-refractivity contribution is 5.47. The fourth-order valence-corrected chi connectivity index (χ4v) is 1.93. The molecule has 1 aromatic heterocycles. The van der Waals surface area contributed by atoms with Crippen LogP contribution in [0.4, 0.5) is 5.82 Å². The number of nitrogens with zero attached hydrogens (tertiary/aromatic N) is 2. The molecule has 1 heterocycles. The van der Waals surface area contributed by atoms with Crippen molar-refractivity contribution in [2.24, 2.45) is 0 Å². The molecule has 1 aromatic rings. The first-order chi connectivity index (χ1) is 8.20. The summed E-state index contributed by atoms with van der Waals surface area (Å²) in [5, 5.41) is 3.28. The lowest BCUT2D eigenvalue weighted by molar-refractivity contribution is 0.641. The van der Waals surface area contributed by atoms with Crippen LogP contribution in [-0.4, -0.2) is 25.6 Å². The third-order valence-corrected chi connectivity index (χ3v) is 3.18. The molecule has 1 N–H and O–H groups in total. The molecule has 0 aliphatic carbocycles. The highest BCUT2D eigenvalue weighted by atomic mass is 15.2. The smallest absolute Gasteiger partial charge is 0.133 e. The van der Waals surface area contributed by atoms with Crippen molar-refractivity contribution < 1.29 is 0 Å². The van der Waals surface area contributed by atoms with Crippen LogP contribution < -0.4 is 10.2 Å². The summed E-state index contributed by atoms with van der Waals surface area (Å²) in [4.78, 5) is 6.78. The molecule has 0 aromatic carbocycles. The average Bonchev–Trinajstić information content (AvgIpc) is 2.38. The van der Waals surface area contributed by atoms with Gasteiger partial charge in [0.1, 0.15) is 5.82 Å². The maximum absolute atomic E-state index is 4.51. The number of nitrogens with one attached hydrogen (secondary N) is 1. The molecule has 0 saturated carbocycles. The lowest BCUT2D eigenvalue weighted by atomic mass is 10.1. The molecule has 0 fully saturated rings. The summed E-state index contributed by atoms with van der Waals surface area (Å²) in [5.41, 5.74) is 1.27. The van der Waals surface area contributed by atoms with Gasteiger partial charge in [0.25, 0.3) is 0 Å². The fraction of sp³-hybridized carbons (Fsp3) is 0.643. The predicted octanol–water partition coefficient (Wildman–Crippen LogP) is 2.99. The van der Waals surface area contributed by atoms with Crippen LogP contribution in [0.3, 0.4) is 0 Å². The molecule has 0 radical (unpaired) electrons. The minimum atomic E-state index is 0.340. The summed E-state index contributed by atoms with van der Waals surface area (Å²) in [7, 11) is 4.11. The Morgan fingerprint density at radius 2 is 2.18 bits per heavy atom. The van der Waals surface area contributed by atoms with Gasteiger partial charge in [0.15, 0.2) is 0 Å². The van der Waals surface area contributed by atoms with Crippen molar-refractivity contribution in [3.05, 3.63) is 23.9 Å². The van der Waals surface area contributed by atoms with E-state index in [1.54, 1.807) is 0 Å². The SMILES string of the molecule is CCCCCN(C)c1ncccc1C(C)NC. The van der Waals surface area contributed by atoms with Crippen LogP contribution in [-0.2, 0) is 0 Å². The van der Waals surface area contributed by atoms with Gasteiger partial charge >= 0.3 is 0 Å². The van der Waals surface area contributed by atoms with Crippen molar-refractivity contribution in [1.82, 2.24) is 10.3 Å². The van der Waals surface area contributed by atoms with Gasteiger partial charge in [0.05, 0.1) is 0 Å². The topological polar surface area (TPSA) is 28.2 Å². The van der Waals surface area contributed by atoms with Crippen LogP contribution in [0.25, 0.3) is 0 Å². The minimum absolute atomic E-state index is 0.340. The number of hydrogen-bond donors (Lipinski definition) is 1. The molecule has 3 heteroatoms. The van der Waals surface area contributed by atoms with Crippen LogP contribution >= 0.6 is 0 Å². The first-order valence-corrected chi connectivity index (χ1v) is 6.54. The van der Waals surface area contributed by atoms with E-state index in [1.807, 2.05) is 19.3 Å². The Kier molecular flexibility index (Phi) is 5.98. The van der Waals surface area contributed by atoms with E-state index in [-0.39, 0.29) is 0 Å². The molecule has 0 saturated heterocycles. The van der Waals surface area contributed by atoms with E-state index in [0.717, 1.165) is 12.4 Å². The monoisotopic (exact) mass is 235 g/mol. The molecule has 96 valence electrons. The van der Waals surface area contributed by atoms with Crippen molar-refractivity contribution in [1.29, 1.82) is 0 Å². The molecule has 3 nitrogen and oxygen atoms in total. The summed E-state index contributed by atoms with van der Waals surface area (Å²) in [5.74, 6) is 1.10. The number of anilines is 1. The zero-order chi connectivity index (χ0) is 12.7.